The summed E-state index contributed by atoms with van der Waals surface area (Å²) in [7, 11) is 1.72. The second kappa shape index (κ2) is 5.83. The van der Waals surface area contributed by atoms with Crippen LogP contribution in [0.1, 0.15) is 24.1 Å². The number of benzene rings is 1. The third kappa shape index (κ3) is 2.62. The molecule has 0 atom stereocenters. The van der Waals surface area contributed by atoms with Crippen LogP contribution < -0.4 is 10.5 Å². The zero-order chi connectivity index (χ0) is 13.0. The Labute approximate surface area is 108 Å². The van der Waals surface area contributed by atoms with Crippen molar-refractivity contribution in [3.63, 3.8) is 0 Å². The van der Waals surface area contributed by atoms with Crippen molar-refractivity contribution in [1.29, 1.82) is 0 Å². The number of nitrogens with two attached hydrogens (primary N) is 1. The van der Waals surface area contributed by atoms with Crippen LogP contribution in [0.3, 0.4) is 0 Å². The van der Waals surface area contributed by atoms with Crippen LogP contribution in [0, 0.1) is 6.92 Å². The summed E-state index contributed by atoms with van der Waals surface area (Å²) in [5, 5.41) is 1.19. The van der Waals surface area contributed by atoms with Crippen molar-refractivity contribution in [2.75, 3.05) is 13.7 Å². The highest BCUT2D eigenvalue weighted by Gasteiger charge is 2.08. The number of methoxy groups -OCH3 is 1. The molecule has 0 unspecified atom stereocenters. The maximum atomic E-state index is 5.55. The second-order valence-corrected chi connectivity index (χ2v) is 4.51. The Kier molecular flexibility index (Phi) is 4.15. The molecule has 0 radical (unpaired) electrons. The van der Waals surface area contributed by atoms with Crippen LogP contribution in [0.2, 0.25) is 0 Å². The van der Waals surface area contributed by atoms with Gasteiger partial charge in [0.2, 0.25) is 0 Å². The zero-order valence-electron chi connectivity index (χ0n) is 11.1. The van der Waals surface area contributed by atoms with Gasteiger partial charge in [0.25, 0.3) is 0 Å². The summed E-state index contributed by atoms with van der Waals surface area (Å²) in [6.45, 7) is 2.75. The van der Waals surface area contributed by atoms with Crippen LogP contribution in [0.4, 0.5) is 0 Å². The molecule has 1 aromatic carbocycles. The van der Waals surface area contributed by atoms with Crippen molar-refractivity contribution in [3.05, 3.63) is 35.5 Å². The average Bonchev–Trinajstić information content (AvgIpc) is 2.38. The first kappa shape index (κ1) is 12.8. The number of ether oxygens (including phenoxy) is 1. The Balaban J connectivity index is 2.44. The Hall–Kier alpha value is -1.61. The monoisotopic (exact) mass is 244 g/mol. The lowest BCUT2D eigenvalue weighted by Crippen LogP contribution is -2.01. The van der Waals surface area contributed by atoms with Gasteiger partial charge in [-0.25, -0.2) is 0 Å². The molecule has 0 spiro atoms. The number of pyridine rings is 1. The lowest BCUT2D eigenvalue weighted by Gasteiger charge is -2.12. The van der Waals surface area contributed by atoms with E-state index in [9.17, 15) is 0 Å². The number of unbranched alkanes of at least 4 members (excludes halogenated alkanes) is 1. The number of hydrogen-bond acceptors (Lipinski definition) is 3. The van der Waals surface area contributed by atoms with Gasteiger partial charge in [-0.1, -0.05) is 6.07 Å². The van der Waals surface area contributed by atoms with Crippen LogP contribution in [-0.4, -0.2) is 18.6 Å². The SMILES string of the molecule is COc1ccc2nc(C)ccc2c1CCCCN. The van der Waals surface area contributed by atoms with E-state index in [4.69, 9.17) is 10.5 Å². The fraction of sp³-hybridized carbons (Fsp3) is 0.400. The fourth-order valence-electron chi connectivity index (χ4n) is 2.24. The van der Waals surface area contributed by atoms with E-state index in [1.165, 1.54) is 10.9 Å². The summed E-state index contributed by atoms with van der Waals surface area (Å²) < 4.78 is 5.46. The quantitative estimate of drug-likeness (QED) is 0.823. The van der Waals surface area contributed by atoms with Crippen molar-refractivity contribution < 1.29 is 4.74 Å². The molecule has 1 aromatic heterocycles. The zero-order valence-corrected chi connectivity index (χ0v) is 11.1. The first-order valence-corrected chi connectivity index (χ1v) is 6.39. The van der Waals surface area contributed by atoms with Crippen LogP contribution in [-0.2, 0) is 6.42 Å². The molecule has 0 amide bonds. The number of aromatic nitrogens is 1. The molecule has 0 fully saturated rings. The smallest absolute Gasteiger partial charge is 0.122 e. The molecule has 96 valence electrons. The van der Waals surface area contributed by atoms with E-state index in [0.29, 0.717) is 0 Å². The third-order valence-electron chi connectivity index (χ3n) is 3.18. The van der Waals surface area contributed by atoms with Gasteiger partial charge in [0.1, 0.15) is 5.75 Å². The molecule has 2 rings (SSSR count). The molecule has 3 nitrogen and oxygen atoms in total. The molecule has 0 aliphatic rings. The van der Waals surface area contributed by atoms with Gasteiger partial charge in [-0.2, -0.15) is 0 Å². The van der Waals surface area contributed by atoms with Gasteiger partial charge in [-0.3, -0.25) is 4.98 Å². The van der Waals surface area contributed by atoms with Crippen molar-refractivity contribution in [3.8, 4) is 5.75 Å². The van der Waals surface area contributed by atoms with Crippen LogP contribution in [0.25, 0.3) is 10.9 Å². The Morgan fingerprint density at radius 1 is 1.17 bits per heavy atom. The Morgan fingerprint density at radius 2 is 2.00 bits per heavy atom. The molecule has 0 bridgehead atoms. The summed E-state index contributed by atoms with van der Waals surface area (Å²) in [4.78, 5) is 4.56. The fourth-order valence-corrected chi connectivity index (χ4v) is 2.24. The summed E-state index contributed by atoms with van der Waals surface area (Å²) >= 11 is 0. The molecule has 18 heavy (non-hydrogen) atoms. The van der Waals surface area contributed by atoms with Crippen molar-refractivity contribution >= 4 is 10.9 Å². The maximum absolute atomic E-state index is 5.55. The summed E-state index contributed by atoms with van der Waals surface area (Å²) in [5.74, 6) is 0.949. The highest BCUT2D eigenvalue weighted by molar-refractivity contribution is 5.84. The minimum Gasteiger partial charge on any atom is -0.496 e. The number of aryl methyl sites for hydroxylation is 2. The average molecular weight is 244 g/mol. The van der Waals surface area contributed by atoms with Gasteiger partial charge in [-0.05, 0) is 50.9 Å². The van der Waals surface area contributed by atoms with E-state index in [2.05, 4.69) is 11.1 Å². The summed E-state index contributed by atoms with van der Waals surface area (Å²) in [5.41, 5.74) is 8.88. The lowest BCUT2D eigenvalue weighted by atomic mass is 10.0. The standard InChI is InChI=1S/C15H20N2O/c1-11-6-7-12-13(5-3-4-10-16)15(18-2)9-8-14(12)17-11/h6-9H,3-5,10,16H2,1-2H3. The predicted octanol–water partition coefficient (Wildman–Crippen LogP) is 2.83. The normalized spacial score (nSPS) is 10.8. The molecular weight excluding hydrogens is 224 g/mol. The number of fused-ring (bicyclic) bond motifs is 1. The Morgan fingerprint density at radius 3 is 2.72 bits per heavy atom. The van der Waals surface area contributed by atoms with Crippen molar-refractivity contribution in [2.24, 2.45) is 5.73 Å². The van der Waals surface area contributed by atoms with Gasteiger partial charge >= 0.3 is 0 Å². The minimum absolute atomic E-state index is 0.741. The van der Waals surface area contributed by atoms with E-state index >= 15 is 0 Å². The number of rotatable bonds is 5. The molecule has 3 heteroatoms. The molecular formula is C15H20N2O. The van der Waals surface area contributed by atoms with Gasteiger partial charge < -0.3 is 10.5 Å². The van der Waals surface area contributed by atoms with Crippen molar-refractivity contribution in [2.45, 2.75) is 26.2 Å². The summed E-state index contributed by atoms with van der Waals surface area (Å²) in [6, 6.07) is 8.21. The molecule has 0 saturated carbocycles. The van der Waals surface area contributed by atoms with E-state index in [0.717, 1.165) is 42.8 Å². The summed E-state index contributed by atoms with van der Waals surface area (Å²) in [6.07, 6.45) is 3.11. The molecule has 0 aliphatic carbocycles. The third-order valence-corrected chi connectivity index (χ3v) is 3.18. The van der Waals surface area contributed by atoms with E-state index in [1.807, 2.05) is 25.1 Å². The van der Waals surface area contributed by atoms with E-state index in [-0.39, 0.29) is 0 Å². The molecule has 2 N–H and O–H groups in total. The first-order valence-electron chi connectivity index (χ1n) is 6.39. The number of hydrogen-bond donors (Lipinski definition) is 1. The second-order valence-electron chi connectivity index (χ2n) is 4.51. The van der Waals surface area contributed by atoms with Crippen LogP contribution >= 0.6 is 0 Å². The predicted molar refractivity (Wildman–Crippen MR) is 75.0 cm³/mol. The van der Waals surface area contributed by atoms with Gasteiger partial charge in [0.15, 0.2) is 0 Å². The first-order chi connectivity index (χ1) is 8.76. The lowest BCUT2D eigenvalue weighted by molar-refractivity contribution is 0.410. The largest absolute Gasteiger partial charge is 0.496 e. The molecule has 1 heterocycles. The van der Waals surface area contributed by atoms with Gasteiger partial charge in [-0.15, -0.1) is 0 Å². The maximum Gasteiger partial charge on any atom is 0.122 e. The Bertz CT molecular complexity index is 537. The minimum atomic E-state index is 0.741. The van der Waals surface area contributed by atoms with E-state index < -0.39 is 0 Å². The van der Waals surface area contributed by atoms with Gasteiger partial charge in [0.05, 0.1) is 12.6 Å². The van der Waals surface area contributed by atoms with Crippen LogP contribution in [0.5, 0.6) is 5.75 Å². The topological polar surface area (TPSA) is 48.1 Å². The highest BCUT2D eigenvalue weighted by Crippen LogP contribution is 2.28. The highest BCUT2D eigenvalue weighted by atomic mass is 16.5. The van der Waals surface area contributed by atoms with Crippen molar-refractivity contribution in [1.82, 2.24) is 4.98 Å². The molecule has 0 aliphatic heterocycles. The number of nitrogens with zero attached hydrogens (tertiary/aromatic N) is 1. The molecule has 0 saturated heterocycles. The van der Waals surface area contributed by atoms with E-state index in [1.54, 1.807) is 7.11 Å². The molecule has 2 aromatic rings. The van der Waals surface area contributed by atoms with Crippen LogP contribution in [0.15, 0.2) is 24.3 Å². The van der Waals surface area contributed by atoms with Gasteiger partial charge in [0, 0.05) is 16.6 Å².